The normalized spacial score (nSPS) is 17.9. The number of hydrogen-bond acceptors (Lipinski definition) is 1. The van der Waals surface area contributed by atoms with Crippen LogP contribution in [-0.2, 0) is 13.0 Å². The summed E-state index contributed by atoms with van der Waals surface area (Å²) in [5.74, 6) is 0. The molecule has 0 saturated heterocycles. The Bertz CT molecular complexity index is 805. The standard InChI is InChI=1S/C22H29N3/c1-6-10-20-21-18(13-15-24(20)16-23-22(3,4)5)17-11-8-9-12-19(17)25(21)14-7-2/h6-9,11-12,16,20H,1-2,10,13-15H2,3-5H3. The van der Waals surface area contributed by atoms with Gasteiger partial charge in [-0.2, -0.15) is 0 Å². The van der Waals surface area contributed by atoms with Crippen LogP contribution in [0, 0.1) is 0 Å². The maximum Gasteiger partial charge on any atom is 0.0862 e. The minimum absolute atomic E-state index is 0.0627. The van der Waals surface area contributed by atoms with Crippen LogP contribution in [0.25, 0.3) is 10.9 Å². The summed E-state index contributed by atoms with van der Waals surface area (Å²) in [6.07, 6.45) is 8.01. The Kier molecular flexibility index (Phi) is 4.85. The number of hydrogen-bond donors (Lipinski definition) is 0. The van der Waals surface area contributed by atoms with Crippen molar-refractivity contribution in [2.75, 3.05) is 6.54 Å². The van der Waals surface area contributed by atoms with Crippen molar-refractivity contribution >= 4 is 17.2 Å². The molecule has 0 N–H and O–H groups in total. The summed E-state index contributed by atoms with van der Waals surface area (Å²) in [6.45, 7) is 16.2. The van der Waals surface area contributed by atoms with Crippen LogP contribution in [0.4, 0.5) is 0 Å². The molecule has 0 fully saturated rings. The molecule has 25 heavy (non-hydrogen) atoms. The third-order valence-corrected chi connectivity index (χ3v) is 4.75. The molecule has 1 aromatic heterocycles. The summed E-state index contributed by atoms with van der Waals surface area (Å²) < 4.78 is 2.42. The summed E-state index contributed by atoms with van der Waals surface area (Å²) in [6, 6.07) is 9.00. The minimum Gasteiger partial charge on any atom is -0.354 e. The first kappa shape index (κ1) is 17.5. The van der Waals surface area contributed by atoms with Gasteiger partial charge < -0.3 is 9.47 Å². The Hall–Kier alpha value is -2.29. The van der Waals surface area contributed by atoms with Crippen LogP contribution in [0.15, 0.2) is 54.6 Å². The number of aromatic nitrogens is 1. The number of nitrogens with zero attached hydrogens (tertiary/aromatic N) is 3. The fourth-order valence-electron chi connectivity index (χ4n) is 3.71. The number of benzene rings is 1. The van der Waals surface area contributed by atoms with Gasteiger partial charge in [-0.1, -0.05) is 30.4 Å². The summed E-state index contributed by atoms with van der Waals surface area (Å²) in [4.78, 5) is 7.14. The van der Waals surface area contributed by atoms with E-state index in [1.807, 2.05) is 18.5 Å². The van der Waals surface area contributed by atoms with Gasteiger partial charge in [0.1, 0.15) is 0 Å². The van der Waals surface area contributed by atoms with Crippen LogP contribution in [0.2, 0.25) is 0 Å². The van der Waals surface area contributed by atoms with Crippen molar-refractivity contribution in [3.05, 3.63) is 60.8 Å². The maximum atomic E-state index is 4.75. The van der Waals surface area contributed by atoms with E-state index in [4.69, 9.17) is 4.99 Å². The number of para-hydroxylation sites is 1. The highest BCUT2D eigenvalue weighted by Crippen LogP contribution is 2.38. The smallest absolute Gasteiger partial charge is 0.0862 e. The molecule has 0 saturated carbocycles. The van der Waals surface area contributed by atoms with E-state index in [1.54, 1.807) is 0 Å². The summed E-state index contributed by atoms with van der Waals surface area (Å²) in [5, 5.41) is 1.38. The van der Waals surface area contributed by atoms with Crippen molar-refractivity contribution in [2.45, 2.75) is 51.7 Å². The third-order valence-electron chi connectivity index (χ3n) is 4.75. The predicted molar refractivity (Wildman–Crippen MR) is 108 cm³/mol. The van der Waals surface area contributed by atoms with Crippen LogP contribution in [0.1, 0.15) is 44.5 Å². The van der Waals surface area contributed by atoms with Gasteiger partial charge in [0, 0.05) is 29.7 Å². The van der Waals surface area contributed by atoms with Gasteiger partial charge in [0.2, 0.25) is 0 Å². The van der Waals surface area contributed by atoms with Crippen molar-refractivity contribution in [1.82, 2.24) is 9.47 Å². The predicted octanol–water partition coefficient (Wildman–Crippen LogP) is 5.13. The molecule has 0 spiro atoms. The first-order valence-corrected chi connectivity index (χ1v) is 9.09. The molecule has 3 nitrogen and oxygen atoms in total. The molecule has 132 valence electrons. The highest BCUT2D eigenvalue weighted by Gasteiger charge is 2.30. The lowest BCUT2D eigenvalue weighted by atomic mass is 9.95. The van der Waals surface area contributed by atoms with Gasteiger partial charge in [-0.3, -0.25) is 4.99 Å². The lowest BCUT2D eigenvalue weighted by molar-refractivity contribution is 0.294. The van der Waals surface area contributed by atoms with Gasteiger partial charge in [0.25, 0.3) is 0 Å². The molecular formula is C22H29N3. The second-order valence-electron chi connectivity index (χ2n) is 7.72. The lowest BCUT2D eigenvalue weighted by Crippen LogP contribution is -2.36. The topological polar surface area (TPSA) is 20.5 Å². The quantitative estimate of drug-likeness (QED) is 0.421. The van der Waals surface area contributed by atoms with E-state index < -0.39 is 0 Å². The first-order chi connectivity index (χ1) is 12.0. The second-order valence-corrected chi connectivity index (χ2v) is 7.72. The average Bonchev–Trinajstić information content (AvgIpc) is 2.89. The van der Waals surface area contributed by atoms with Gasteiger partial charge in [0.15, 0.2) is 0 Å². The SMILES string of the molecule is C=CCC1c2c(c3ccccc3n2CC=C)CCN1C=NC(C)(C)C. The summed E-state index contributed by atoms with van der Waals surface area (Å²) in [7, 11) is 0. The van der Waals surface area contributed by atoms with E-state index in [-0.39, 0.29) is 11.6 Å². The van der Waals surface area contributed by atoms with Crippen molar-refractivity contribution in [3.63, 3.8) is 0 Å². The molecule has 1 unspecified atom stereocenters. The fraction of sp³-hybridized carbons (Fsp3) is 0.409. The van der Waals surface area contributed by atoms with Gasteiger partial charge in [-0.15, -0.1) is 13.2 Å². The Morgan fingerprint density at radius 2 is 1.96 bits per heavy atom. The molecule has 3 heteroatoms. The third kappa shape index (κ3) is 3.41. The van der Waals surface area contributed by atoms with Gasteiger partial charge in [-0.25, -0.2) is 0 Å². The monoisotopic (exact) mass is 335 g/mol. The summed E-state index contributed by atoms with van der Waals surface area (Å²) in [5.41, 5.74) is 4.11. The zero-order chi connectivity index (χ0) is 18.0. The Morgan fingerprint density at radius 3 is 2.64 bits per heavy atom. The molecule has 0 amide bonds. The van der Waals surface area contributed by atoms with Crippen LogP contribution < -0.4 is 0 Å². The molecular weight excluding hydrogens is 306 g/mol. The van der Waals surface area contributed by atoms with Crippen LogP contribution in [0.3, 0.4) is 0 Å². The Balaban J connectivity index is 2.14. The molecule has 0 bridgehead atoms. The second kappa shape index (κ2) is 6.91. The van der Waals surface area contributed by atoms with Crippen LogP contribution in [0.5, 0.6) is 0 Å². The van der Waals surface area contributed by atoms with Crippen molar-refractivity contribution in [3.8, 4) is 0 Å². The number of allylic oxidation sites excluding steroid dienone is 1. The maximum absolute atomic E-state index is 4.75. The number of aliphatic imine (C=N–C) groups is 1. The molecule has 2 aromatic rings. The Labute approximate surface area is 151 Å². The molecule has 2 heterocycles. The lowest BCUT2D eigenvalue weighted by Gasteiger charge is -2.36. The van der Waals surface area contributed by atoms with Crippen molar-refractivity contribution in [2.24, 2.45) is 4.99 Å². The Morgan fingerprint density at radius 1 is 1.20 bits per heavy atom. The first-order valence-electron chi connectivity index (χ1n) is 9.09. The van der Waals surface area contributed by atoms with Gasteiger partial charge >= 0.3 is 0 Å². The molecule has 1 atom stereocenters. The molecule has 0 aliphatic carbocycles. The highest BCUT2D eigenvalue weighted by molar-refractivity contribution is 5.86. The molecule has 1 aliphatic rings. The largest absolute Gasteiger partial charge is 0.354 e. The highest BCUT2D eigenvalue weighted by atomic mass is 15.2. The average molecular weight is 335 g/mol. The van der Waals surface area contributed by atoms with Crippen LogP contribution in [-0.4, -0.2) is 27.9 Å². The molecule has 1 aromatic carbocycles. The molecule has 3 rings (SSSR count). The zero-order valence-corrected chi connectivity index (χ0v) is 15.7. The van der Waals surface area contributed by atoms with Crippen molar-refractivity contribution < 1.29 is 0 Å². The van der Waals surface area contributed by atoms with E-state index >= 15 is 0 Å². The van der Waals surface area contributed by atoms with Gasteiger partial charge in [-0.05, 0) is 45.2 Å². The van der Waals surface area contributed by atoms with Gasteiger partial charge in [0.05, 0.1) is 17.9 Å². The minimum atomic E-state index is -0.0627. The zero-order valence-electron chi connectivity index (χ0n) is 15.7. The fourth-order valence-corrected chi connectivity index (χ4v) is 3.71. The number of rotatable bonds is 5. The van der Waals surface area contributed by atoms with E-state index in [0.29, 0.717) is 0 Å². The van der Waals surface area contributed by atoms with E-state index in [2.05, 4.69) is 67.7 Å². The van der Waals surface area contributed by atoms with Crippen LogP contribution >= 0.6 is 0 Å². The molecule has 0 radical (unpaired) electrons. The summed E-state index contributed by atoms with van der Waals surface area (Å²) >= 11 is 0. The van der Waals surface area contributed by atoms with Crippen molar-refractivity contribution in [1.29, 1.82) is 0 Å². The number of fused-ring (bicyclic) bond motifs is 3. The molecule has 1 aliphatic heterocycles. The van der Waals surface area contributed by atoms with E-state index in [1.165, 1.54) is 22.2 Å². The van der Waals surface area contributed by atoms with E-state index in [0.717, 1.165) is 25.9 Å². The van der Waals surface area contributed by atoms with E-state index in [9.17, 15) is 0 Å².